The van der Waals surface area contributed by atoms with Gasteiger partial charge in [0.2, 0.25) is 5.88 Å². The molecular formula is C19H10ClF3N2O4S. The molecule has 0 saturated heterocycles. The van der Waals surface area contributed by atoms with Crippen LogP contribution in [0.25, 0.3) is 0 Å². The van der Waals surface area contributed by atoms with Gasteiger partial charge in [0.15, 0.2) is 0 Å². The van der Waals surface area contributed by atoms with Gasteiger partial charge in [-0.2, -0.15) is 26.9 Å². The molecule has 0 amide bonds. The lowest BCUT2D eigenvalue weighted by molar-refractivity contribution is -0.137. The minimum Gasteiger partial charge on any atom is -0.438 e. The quantitative estimate of drug-likeness (QED) is 0.493. The van der Waals surface area contributed by atoms with E-state index in [0.717, 1.165) is 0 Å². The van der Waals surface area contributed by atoms with E-state index in [2.05, 4.69) is 4.98 Å². The number of alkyl halides is 3. The van der Waals surface area contributed by atoms with Crippen molar-refractivity contribution in [3.63, 3.8) is 0 Å². The number of nitrogens with zero attached hydrogens (tertiary/aromatic N) is 2. The third-order valence-corrected chi connectivity index (χ3v) is 5.18. The third-order valence-electron chi connectivity index (χ3n) is 3.65. The number of benzene rings is 2. The van der Waals surface area contributed by atoms with E-state index < -0.39 is 21.9 Å². The largest absolute Gasteiger partial charge is 0.438 e. The number of ether oxygens (including phenoxy) is 1. The highest BCUT2D eigenvalue weighted by Crippen LogP contribution is 2.34. The second kappa shape index (κ2) is 8.22. The second-order valence-electron chi connectivity index (χ2n) is 5.76. The molecule has 1 aromatic heterocycles. The first-order valence-electron chi connectivity index (χ1n) is 8.04. The lowest BCUT2D eigenvalue weighted by Gasteiger charge is -2.11. The Bertz CT molecular complexity index is 1210. The highest BCUT2D eigenvalue weighted by molar-refractivity contribution is 7.87. The highest BCUT2D eigenvalue weighted by atomic mass is 35.5. The van der Waals surface area contributed by atoms with Crippen molar-refractivity contribution in [2.24, 2.45) is 0 Å². The molecule has 0 N–H and O–H groups in total. The van der Waals surface area contributed by atoms with Gasteiger partial charge in [-0.05, 0) is 54.6 Å². The minimum atomic E-state index is -4.60. The molecule has 0 radical (unpaired) electrons. The van der Waals surface area contributed by atoms with Crippen LogP contribution in [0.4, 0.5) is 13.2 Å². The van der Waals surface area contributed by atoms with Crippen LogP contribution in [-0.4, -0.2) is 13.4 Å². The summed E-state index contributed by atoms with van der Waals surface area (Å²) in [5, 5.41) is 8.40. The van der Waals surface area contributed by atoms with Crippen molar-refractivity contribution in [2.75, 3.05) is 0 Å². The van der Waals surface area contributed by atoms with Gasteiger partial charge in [-0.1, -0.05) is 11.6 Å². The minimum absolute atomic E-state index is 0.0232. The van der Waals surface area contributed by atoms with Gasteiger partial charge < -0.3 is 8.92 Å². The van der Waals surface area contributed by atoms with Crippen molar-refractivity contribution < 1.29 is 30.5 Å². The van der Waals surface area contributed by atoms with Gasteiger partial charge in [-0.25, -0.2) is 4.98 Å². The monoisotopic (exact) mass is 454 g/mol. The molecule has 1 heterocycles. The highest BCUT2D eigenvalue weighted by Gasteiger charge is 2.31. The maximum atomic E-state index is 12.7. The van der Waals surface area contributed by atoms with E-state index in [4.69, 9.17) is 25.8 Å². The standard InChI is InChI=1S/C19H10ClF3N2O4S/c20-17-9-13(19(21,22)23)11-25-18(17)28-14-5-7-16(8-6-14)30(26,27)29-15-3-1-12(10-24)2-4-15/h1-9,11H. The molecule has 6 nitrogen and oxygen atoms in total. The van der Waals surface area contributed by atoms with Crippen molar-refractivity contribution in [3.05, 3.63) is 76.9 Å². The smallest absolute Gasteiger partial charge is 0.417 e. The Morgan fingerprint density at radius 2 is 1.60 bits per heavy atom. The number of aromatic nitrogens is 1. The van der Waals surface area contributed by atoms with Gasteiger partial charge in [0, 0.05) is 6.20 Å². The summed E-state index contributed by atoms with van der Waals surface area (Å²) in [7, 11) is -4.16. The first-order valence-corrected chi connectivity index (χ1v) is 9.82. The number of rotatable bonds is 5. The molecule has 30 heavy (non-hydrogen) atoms. The lowest BCUT2D eigenvalue weighted by atomic mass is 10.2. The molecule has 0 saturated carbocycles. The average Bonchev–Trinajstić information content (AvgIpc) is 2.69. The number of pyridine rings is 1. The normalized spacial score (nSPS) is 11.6. The molecule has 154 valence electrons. The number of hydrogen-bond donors (Lipinski definition) is 0. The number of hydrogen-bond acceptors (Lipinski definition) is 6. The van der Waals surface area contributed by atoms with Crippen molar-refractivity contribution in [3.8, 4) is 23.4 Å². The Labute approximate surface area is 174 Å². The van der Waals surface area contributed by atoms with Gasteiger partial charge in [0.05, 0.1) is 17.2 Å². The Morgan fingerprint density at radius 3 is 2.13 bits per heavy atom. The van der Waals surface area contributed by atoms with Crippen LogP contribution in [0.5, 0.6) is 17.4 Å². The predicted molar refractivity (Wildman–Crippen MR) is 99.7 cm³/mol. The van der Waals surface area contributed by atoms with E-state index in [-0.39, 0.29) is 27.3 Å². The zero-order valence-corrected chi connectivity index (χ0v) is 16.3. The van der Waals surface area contributed by atoms with Crippen LogP contribution in [0.2, 0.25) is 5.02 Å². The van der Waals surface area contributed by atoms with E-state index in [1.165, 1.54) is 48.5 Å². The number of halogens is 4. The molecule has 0 unspecified atom stereocenters. The maximum Gasteiger partial charge on any atom is 0.417 e. The fraction of sp³-hybridized carbons (Fsp3) is 0.0526. The van der Waals surface area contributed by atoms with Crippen LogP contribution in [-0.2, 0) is 16.3 Å². The number of nitriles is 1. The predicted octanol–water partition coefficient (Wildman–Crippen LogP) is 5.19. The van der Waals surface area contributed by atoms with E-state index in [1.807, 2.05) is 6.07 Å². The summed E-state index contributed by atoms with van der Waals surface area (Å²) in [5.74, 6) is -0.148. The molecule has 3 rings (SSSR count). The van der Waals surface area contributed by atoms with Gasteiger partial charge in [-0.15, -0.1) is 0 Å². The van der Waals surface area contributed by atoms with Gasteiger partial charge in [0.1, 0.15) is 21.4 Å². The Hall–Kier alpha value is -3.29. The van der Waals surface area contributed by atoms with Crippen molar-refractivity contribution in [2.45, 2.75) is 11.1 Å². The van der Waals surface area contributed by atoms with Crippen LogP contribution >= 0.6 is 11.6 Å². The molecule has 0 aliphatic carbocycles. The second-order valence-corrected chi connectivity index (χ2v) is 7.71. The van der Waals surface area contributed by atoms with E-state index in [9.17, 15) is 21.6 Å². The SMILES string of the molecule is N#Cc1ccc(OS(=O)(=O)c2ccc(Oc3ncc(C(F)(F)F)cc3Cl)cc2)cc1. The van der Waals surface area contributed by atoms with Gasteiger partial charge in [0.25, 0.3) is 0 Å². The summed E-state index contributed by atoms with van der Waals surface area (Å²) < 4.78 is 73.0. The maximum absolute atomic E-state index is 12.7. The summed E-state index contributed by atoms with van der Waals surface area (Å²) in [6.45, 7) is 0. The van der Waals surface area contributed by atoms with Gasteiger partial charge >= 0.3 is 16.3 Å². The Morgan fingerprint density at radius 1 is 1.00 bits per heavy atom. The summed E-state index contributed by atoms with van der Waals surface area (Å²) in [6, 6.07) is 13.0. The summed E-state index contributed by atoms with van der Waals surface area (Å²) in [5.41, 5.74) is -0.682. The summed E-state index contributed by atoms with van der Waals surface area (Å²) in [4.78, 5) is 3.35. The molecule has 0 aliphatic rings. The van der Waals surface area contributed by atoms with Crippen LogP contribution in [0.15, 0.2) is 65.7 Å². The van der Waals surface area contributed by atoms with E-state index in [1.54, 1.807) is 0 Å². The van der Waals surface area contributed by atoms with Crippen LogP contribution in [0.3, 0.4) is 0 Å². The molecule has 11 heteroatoms. The van der Waals surface area contributed by atoms with Crippen LogP contribution in [0.1, 0.15) is 11.1 Å². The molecule has 2 aromatic carbocycles. The molecular weight excluding hydrogens is 445 g/mol. The molecule has 0 aliphatic heterocycles. The van der Waals surface area contributed by atoms with Crippen molar-refractivity contribution in [1.29, 1.82) is 5.26 Å². The van der Waals surface area contributed by atoms with Gasteiger partial charge in [-0.3, -0.25) is 0 Å². The average molecular weight is 455 g/mol. The summed E-state index contributed by atoms with van der Waals surface area (Å²) in [6.07, 6.45) is -4.02. The topological polar surface area (TPSA) is 89.3 Å². The van der Waals surface area contributed by atoms with Crippen molar-refractivity contribution >= 4 is 21.7 Å². The lowest BCUT2D eigenvalue weighted by Crippen LogP contribution is -2.09. The first kappa shape index (κ1) is 21.4. The Kier molecular flexibility index (Phi) is 5.87. The zero-order valence-electron chi connectivity index (χ0n) is 14.7. The molecule has 0 spiro atoms. The van der Waals surface area contributed by atoms with Crippen LogP contribution in [0, 0.1) is 11.3 Å². The van der Waals surface area contributed by atoms with E-state index in [0.29, 0.717) is 17.8 Å². The van der Waals surface area contributed by atoms with Crippen LogP contribution < -0.4 is 8.92 Å². The molecule has 0 bridgehead atoms. The molecule has 3 aromatic rings. The Balaban J connectivity index is 1.75. The molecule has 0 atom stereocenters. The fourth-order valence-corrected chi connectivity index (χ4v) is 3.34. The third kappa shape index (κ3) is 5.00. The van der Waals surface area contributed by atoms with E-state index >= 15 is 0 Å². The zero-order chi connectivity index (χ0) is 21.9. The summed E-state index contributed by atoms with van der Waals surface area (Å²) >= 11 is 5.78. The first-order chi connectivity index (χ1) is 14.1. The fourth-order valence-electron chi connectivity index (χ4n) is 2.20. The molecule has 0 fully saturated rings. The van der Waals surface area contributed by atoms with Crippen molar-refractivity contribution in [1.82, 2.24) is 4.98 Å².